The first kappa shape index (κ1) is 12.1. The molecular weight excluding hydrogens is 216 g/mol. The lowest BCUT2D eigenvalue weighted by Gasteiger charge is -2.35. The molecule has 1 heterocycles. The maximum Gasteiger partial charge on any atom is 0.134 e. The van der Waals surface area contributed by atoms with Crippen molar-refractivity contribution in [3.63, 3.8) is 0 Å². The molecule has 1 aliphatic rings. The molecule has 0 saturated heterocycles. The van der Waals surface area contributed by atoms with Gasteiger partial charge in [-0.15, -0.1) is 0 Å². The summed E-state index contributed by atoms with van der Waals surface area (Å²) in [6.07, 6.45) is 3.24. The van der Waals surface area contributed by atoms with Crippen LogP contribution in [0.5, 0.6) is 0 Å². The monoisotopic (exact) mass is 236 g/mol. The van der Waals surface area contributed by atoms with Gasteiger partial charge >= 0.3 is 0 Å². The molecule has 1 aliphatic carbocycles. The minimum absolute atomic E-state index is 0.387. The molecule has 0 aliphatic heterocycles. The minimum atomic E-state index is 0.387. The van der Waals surface area contributed by atoms with E-state index in [9.17, 15) is 0 Å². The highest BCUT2D eigenvalue weighted by Gasteiger charge is 2.29. The maximum atomic E-state index is 5.87. The second-order valence-electron chi connectivity index (χ2n) is 4.52. The molecule has 5 nitrogen and oxygen atoms in total. The maximum absolute atomic E-state index is 5.87. The molecule has 17 heavy (non-hydrogen) atoms. The number of ether oxygens (including phenoxy) is 1. The van der Waals surface area contributed by atoms with E-state index < -0.39 is 0 Å². The Morgan fingerprint density at radius 1 is 1.41 bits per heavy atom. The molecule has 1 aromatic heterocycles. The number of anilines is 2. The van der Waals surface area contributed by atoms with Crippen LogP contribution in [0.3, 0.4) is 0 Å². The lowest BCUT2D eigenvalue weighted by molar-refractivity contribution is 0.0327. The summed E-state index contributed by atoms with van der Waals surface area (Å²) in [5.74, 6) is 2.23. The van der Waals surface area contributed by atoms with Crippen LogP contribution in [0.15, 0.2) is 0 Å². The summed E-state index contributed by atoms with van der Waals surface area (Å²) in [6.45, 7) is 3.97. The third kappa shape index (κ3) is 2.49. The fourth-order valence-electron chi connectivity index (χ4n) is 1.95. The van der Waals surface area contributed by atoms with Crippen molar-refractivity contribution in [2.45, 2.75) is 45.3 Å². The molecule has 0 unspecified atom stereocenters. The van der Waals surface area contributed by atoms with Crippen LogP contribution in [0.25, 0.3) is 0 Å². The summed E-state index contributed by atoms with van der Waals surface area (Å²) in [5.41, 5.74) is 6.80. The highest BCUT2D eigenvalue weighted by molar-refractivity contribution is 5.55. The van der Waals surface area contributed by atoms with Gasteiger partial charge in [0.25, 0.3) is 0 Å². The van der Waals surface area contributed by atoms with Crippen LogP contribution in [0.1, 0.15) is 31.2 Å². The smallest absolute Gasteiger partial charge is 0.134 e. The molecule has 0 aromatic carbocycles. The van der Waals surface area contributed by atoms with Crippen LogP contribution in [0, 0.1) is 6.92 Å². The highest BCUT2D eigenvalue weighted by Crippen LogP contribution is 2.27. The van der Waals surface area contributed by atoms with Crippen LogP contribution in [-0.2, 0) is 11.2 Å². The molecule has 0 amide bonds. The Bertz CT molecular complexity index is 402. The molecule has 1 saturated carbocycles. The highest BCUT2D eigenvalue weighted by atomic mass is 16.5. The Balaban J connectivity index is 2.07. The van der Waals surface area contributed by atoms with E-state index in [0.717, 1.165) is 36.5 Å². The van der Waals surface area contributed by atoms with E-state index in [-0.39, 0.29) is 0 Å². The van der Waals surface area contributed by atoms with Crippen molar-refractivity contribution in [1.82, 2.24) is 9.97 Å². The van der Waals surface area contributed by atoms with Gasteiger partial charge in [-0.25, -0.2) is 9.97 Å². The lowest BCUT2D eigenvalue weighted by atomic mass is 9.89. The van der Waals surface area contributed by atoms with Crippen LogP contribution >= 0.6 is 0 Å². The molecular formula is C12H20N4O. The number of hydrogen-bond acceptors (Lipinski definition) is 5. The molecule has 3 N–H and O–H groups in total. The average Bonchev–Trinajstić information content (AvgIpc) is 2.27. The SMILES string of the molecule is CCc1nc(N)c(C)c(NC2CC(OC)C2)n1. The van der Waals surface area contributed by atoms with Gasteiger partial charge in [0.1, 0.15) is 17.5 Å². The van der Waals surface area contributed by atoms with E-state index in [4.69, 9.17) is 10.5 Å². The number of aromatic nitrogens is 2. The van der Waals surface area contributed by atoms with Crippen LogP contribution in [0.2, 0.25) is 0 Å². The summed E-state index contributed by atoms with van der Waals surface area (Å²) in [6, 6.07) is 0.442. The topological polar surface area (TPSA) is 73.1 Å². The summed E-state index contributed by atoms with van der Waals surface area (Å²) in [7, 11) is 1.75. The quantitative estimate of drug-likeness (QED) is 0.829. The van der Waals surface area contributed by atoms with Gasteiger partial charge in [-0.05, 0) is 19.8 Å². The number of nitrogens with zero attached hydrogens (tertiary/aromatic N) is 2. The summed E-state index contributed by atoms with van der Waals surface area (Å²) in [4.78, 5) is 8.72. The first-order chi connectivity index (χ1) is 8.13. The number of rotatable bonds is 4. The van der Waals surface area contributed by atoms with Crippen LogP contribution in [-0.4, -0.2) is 29.2 Å². The van der Waals surface area contributed by atoms with E-state index in [1.807, 2.05) is 13.8 Å². The first-order valence-electron chi connectivity index (χ1n) is 6.06. The van der Waals surface area contributed by atoms with Gasteiger partial charge in [-0.1, -0.05) is 6.92 Å². The van der Waals surface area contributed by atoms with Crippen molar-refractivity contribution < 1.29 is 4.74 Å². The largest absolute Gasteiger partial charge is 0.383 e. The van der Waals surface area contributed by atoms with Gasteiger partial charge in [-0.2, -0.15) is 0 Å². The zero-order chi connectivity index (χ0) is 12.4. The van der Waals surface area contributed by atoms with Gasteiger partial charge in [0.05, 0.1) is 6.10 Å². The predicted molar refractivity (Wildman–Crippen MR) is 68.0 cm³/mol. The number of nitrogens with one attached hydrogen (secondary N) is 1. The number of methoxy groups -OCH3 is 1. The van der Waals surface area contributed by atoms with Gasteiger partial charge in [0.15, 0.2) is 0 Å². The normalized spacial score (nSPS) is 23.2. The molecule has 0 spiro atoms. The lowest BCUT2D eigenvalue weighted by Crippen LogP contribution is -2.40. The van der Waals surface area contributed by atoms with Crippen LogP contribution in [0.4, 0.5) is 11.6 Å². The third-order valence-electron chi connectivity index (χ3n) is 3.32. The van der Waals surface area contributed by atoms with E-state index in [0.29, 0.717) is 18.0 Å². The van der Waals surface area contributed by atoms with Crippen molar-refractivity contribution in [3.05, 3.63) is 11.4 Å². The average molecular weight is 236 g/mol. The Morgan fingerprint density at radius 2 is 2.12 bits per heavy atom. The second-order valence-corrected chi connectivity index (χ2v) is 4.52. The van der Waals surface area contributed by atoms with Gasteiger partial charge in [0.2, 0.25) is 0 Å². The first-order valence-corrected chi connectivity index (χ1v) is 6.06. The Kier molecular flexibility index (Phi) is 3.47. The zero-order valence-corrected chi connectivity index (χ0v) is 10.7. The number of nitrogens with two attached hydrogens (primary N) is 1. The molecule has 94 valence electrons. The van der Waals surface area contributed by atoms with Gasteiger partial charge in [0, 0.05) is 25.1 Å². The molecule has 1 fully saturated rings. The van der Waals surface area contributed by atoms with Crippen molar-refractivity contribution >= 4 is 11.6 Å². The van der Waals surface area contributed by atoms with E-state index in [1.54, 1.807) is 7.11 Å². The molecule has 0 atom stereocenters. The third-order valence-corrected chi connectivity index (χ3v) is 3.32. The Hall–Kier alpha value is -1.36. The standard InChI is InChI=1S/C12H20N4O/c1-4-10-15-11(13)7(2)12(16-10)14-8-5-9(6-8)17-3/h8-9H,4-6H2,1-3H3,(H3,13,14,15,16). The summed E-state index contributed by atoms with van der Waals surface area (Å²) in [5, 5.41) is 3.42. The zero-order valence-electron chi connectivity index (χ0n) is 10.7. The summed E-state index contributed by atoms with van der Waals surface area (Å²) < 4.78 is 5.26. The van der Waals surface area contributed by atoms with Gasteiger partial charge in [-0.3, -0.25) is 0 Å². The van der Waals surface area contributed by atoms with Crippen molar-refractivity contribution in [3.8, 4) is 0 Å². The van der Waals surface area contributed by atoms with Crippen molar-refractivity contribution in [2.24, 2.45) is 0 Å². The molecule has 2 rings (SSSR count). The minimum Gasteiger partial charge on any atom is -0.383 e. The van der Waals surface area contributed by atoms with E-state index in [1.165, 1.54) is 0 Å². The van der Waals surface area contributed by atoms with E-state index in [2.05, 4.69) is 15.3 Å². The molecule has 5 heteroatoms. The van der Waals surface area contributed by atoms with E-state index >= 15 is 0 Å². The Labute approximate surface area is 102 Å². The van der Waals surface area contributed by atoms with Crippen molar-refractivity contribution in [2.75, 3.05) is 18.2 Å². The summed E-state index contributed by atoms with van der Waals surface area (Å²) >= 11 is 0. The molecule has 0 radical (unpaired) electrons. The molecule has 1 aromatic rings. The van der Waals surface area contributed by atoms with Crippen LogP contribution < -0.4 is 11.1 Å². The fraction of sp³-hybridized carbons (Fsp3) is 0.667. The number of hydrogen-bond donors (Lipinski definition) is 2. The fourth-order valence-corrected chi connectivity index (χ4v) is 1.95. The number of nitrogen functional groups attached to an aromatic ring is 1. The number of aryl methyl sites for hydroxylation is 1. The second kappa shape index (κ2) is 4.87. The predicted octanol–water partition coefficient (Wildman–Crippen LogP) is 1.52. The molecule has 0 bridgehead atoms. The Morgan fingerprint density at radius 3 is 2.71 bits per heavy atom. The van der Waals surface area contributed by atoms with Gasteiger partial charge < -0.3 is 15.8 Å². The van der Waals surface area contributed by atoms with Crippen molar-refractivity contribution in [1.29, 1.82) is 0 Å².